The highest BCUT2D eigenvalue weighted by Crippen LogP contribution is 2.23. The first kappa shape index (κ1) is 19.8. The summed E-state index contributed by atoms with van der Waals surface area (Å²) >= 11 is 3.00. The number of hydrogen-bond donors (Lipinski definition) is 1. The molecular weight excluding hydrogens is 404 g/mol. The van der Waals surface area contributed by atoms with Crippen LogP contribution in [-0.4, -0.2) is 59.3 Å². The number of nitrogens with one attached hydrogen (secondary N) is 1. The zero-order valence-corrected chi connectivity index (χ0v) is 17.5. The van der Waals surface area contributed by atoms with Gasteiger partial charge in [-0.2, -0.15) is 0 Å². The Balaban J connectivity index is 1.33. The summed E-state index contributed by atoms with van der Waals surface area (Å²) in [6.07, 6.45) is 1.76. The first-order valence-electron chi connectivity index (χ1n) is 9.49. The van der Waals surface area contributed by atoms with Crippen LogP contribution >= 0.6 is 22.7 Å². The van der Waals surface area contributed by atoms with Crippen molar-refractivity contribution in [2.45, 2.75) is 6.04 Å². The summed E-state index contributed by atoms with van der Waals surface area (Å²) in [6.45, 7) is 2.97. The van der Waals surface area contributed by atoms with Gasteiger partial charge in [0.2, 0.25) is 5.91 Å². The van der Waals surface area contributed by atoms with E-state index in [1.54, 1.807) is 6.20 Å². The molecule has 4 rings (SSSR count). The van der Waals surface area contributed by atoms with E-state index >= 15 is 0 Å². The minimum Gasteiger partial charge on any atom is -0.342 e. The van der Waals surface area contributed by atoms with Crippen molar-refractivity contribution in [1.29, 1.82) is 0 Å². The third-order valence-electron chi connectivity index (χ3n) is 4.90. The average Bonchev–Trinajstić information content (AvgIpc) is 3.47. The van der Waals surface area contributed by atoms with Crippen molar-refractivity contribution in [3.63, 3.8) is 0 Å². The van der Waals surface area contributed by atoms with Crippen LogP contribution in [0.25, 0.3) is 0 Å². The molecule has 29 heavy (non-hydrogen) atoms. The number of piperazine rings is 1. The van der Waals surface area contributed by atoms with Gasteiger partial charge < -0.3 is 10.2 Å². The van der Waals surface area contributed by atoms with Crippen molar-refractivity contribution in [1.82, 2.24) is 20.1 Å². The fourth-order valence-electron chi connectivity index (χ4n) is 3.39. The third-order valence-corrected chi connectivity index (χ3v) is 6.59. The van der Waals surface area contributed by atoms with E-state index in [9.17, 15) is 9.59 Å². The van der Waals surface area contributed by atoms with E-state index in [4.69, 9.17) is 0 Å². The highest BCUT2D eigenvalue weighted by Gasteiger charge is 2.25. The van der Waals surface area contributed by atoms with Crippen LogP contribution in [0.15, 0.2) is 59.4 Å². The second-order valence-corrected chi connectivity index (χ2v) is 8.70. The van der Waals surface area contributed by atoms with Gasteiger partial charge in [0.1, 0.15) is 11.0 Å². The van der Waals surface area contributed by atoms with Crippen molar-refractivity contribution < 1.29 is 9.59 Å². The zero-order valence-electron chi connectivity index (χ0n) is 15.9. The number of nitrogens with zero attached hydrogens (tertiary/aromatic N) is 3. The molecule has 1 fully saturated rings. The Kier molecular flexibility index (Phi) is 6.33. The molecule has 150 valence electrons. The molecule has 2 aromatic heterocycles. The molecule has 1 aromatic carbocycles. The second kappa shape index (κ2) is 9.30. The summed E-state index contributed by atoms with van der Waals surface area (Å²) in [6, 6.07) is 13.4. The number of hydrogen-bond acceptors (Lipinski definition) is 6. The number of rotatable bonds is 6. The van der Waals surface area contributed by atoms with Crippen LogP contribution in [0.1, 0.15) is 26.3 Å². The lowest BCUT2D eigenvalue weighted by atomic mass is 10.1. The van der Waals surface area contributed by atoms with Crippen LogP contribution in [0.3, 0.4) is 0 Å². The van der Waals surface area contributed by atoms with Crippen LogP contribution in [0.2, 0.25) is 0 Å². The normalized spacial score (nSPS) is 15.8. The molecule has 1 unspecified atom stereocenters. The van der Waals surface area contributed by atoms with Crippen LogP contribution in [0.4, 0.5) is 0 Å². The van der Waals surface area contributed by atoms with E-state index < -0.39 is 0 Å². The second-order valence-electron chi connectivity index (χ2n) is 6.83. The number of carbonyl (C=O) groups excluding carboxylic acids is 2. The van der Waals surface area contributed by atoms with E-state index in [0.717, 1.165) is 15.4 Å². The molecule has 1 atom stereocenters. The maximum absolute atomic E-state index is 12.7. The Bertz CT molecular complexity index is 921. The van der Waals surface area contributed by atoms with Gasteiger partial charge in [0.25, 0.3) is 5.91 Å². The highest BCUT2D eigenvalue weighted by molar-refractivity contribution is 7.12. The Morgan fingerprint density at radius 1 is 1.00 bits per heavy atom. The van der Waals surface area contributed by atoms with E-state index in [2.05, 4.69) is 15.2 Å². The zero-order chi connectivity index (χ0) is 20.1. The summed E-state index contributed by atoms with van der Waals surface area (Å²) < 4.78 is 0. The van der Waals surface area contributed by atoms with E-state index in [-0.39, 0.29) is 17.9 Å². The van der Waals surface area contributed by atoms with Gasteiger partial charge in [-0.05, 0) is 17.0 Å². The van der Waals surface area contributed by atoms with Crippen molar-refractivity contribution in [2.24, 2.45) is 0 Å². The largest absolute Gasteiger partial charge is 0.342 e. The fourth-order valence-corrected chi connectivity index (χ4v) is 4.79. The lowest BCUT2D eigenvalue weighted by Crippen LogP contribution is -2.51. The molecule has 0 radical (unpaired) electrons. The lowest BCUT2D eigenvalue weighted by molar-refractivity contribution is -0.123. The minimum atomic E-state index is -0.245. The van der Waals surface area contributed by atoms with Crippen molar-refractivity contribution in [2.75, 3.05) is 32.7 Å². The van der Waals surface area contributed by atoms with Crippen molar-refractivity contribution in [3.05, 3.63) is 74.9 Å². The molecular formula is C21H22N4O2S2. The highest BCUT2D eigenvalue weighted by atomic mass is 32.1. The Morgan fingerprint density at radius 3 is 2.45 bits per heavy atom. The van der Waals surface area contributed by atoms with Crippen molar-refractivity contribution >= 4 is 34.5 Å². The molecule has 0 saturated carbocycles. The standard InChI is InChI=1S/C21H22N4O2S2/c26-18(23-19(20-22-8-14-29-20)16-5-2-1-3-6-16)15-24-9-11-25(12-10-24)21(27)17-7-4-13-28-17/h1-8,13-14,19H,9-12,15H2,(H,23,26). The third kappa shape index (κ3) is 4.90. The first-order valence-corrected chi connectivity index (χ1v) is 11.3. The maximum atomic E-state index is 12.7. The van der Waals surface area contributed by atoms with Crippen LogP contribution in [0.5, 0.6) is 0 Å². The van der Waals surface area contributed by atoms with E-state index in [1.165, 1.54) is 22.7 Å². The predicted octanol–water partition coefficient (Wildman–Crippen LogP) is 2.87. The average molecular weight is 427 g/mol. The molecule has 1 aliphatic rings. The summed E-state index contributed by atoms with van der Waals surface area (Å²) in [5.41, 5.74) is 1.02. The minimum absolute atomic E-state index is 0.0351. The molecule has 8 heteroatoms. The summed E-state index contributed by atoms with van der Waals surface area (Å²) in [5.74, 6) is 0.0455. The fraction of sp³-hybridized carbons (Fsp3) is 0.286. The van der Waals surface area contributed by atoms with Gasteiger partial charge in [-0.15, -0.1) is 22.7 Å². The number of carbonyl (C=O) groups is 2. The van der Waals surface area contributed by atoms with Gasteiger partial charge in [0, 0.05) is 37.8 Å². The molecule has 0 spiro atoms. The topological polar surface area (TPSA) is 65.5 Å². The summed E-state index contributed by atoms with van der Waals surface area (Å²) in [7, 11) is 0. The van der Waals surface area contributed by atoms with Crippen LogP contribution in [-0.2, 0) is 4.79 Å². The van der Waals surface area contributed by atoms with Gasteiger partial charge in [-0.3, -0.25) is 14.5 Å². The molecule has 0 aliphatic carbocycles. The van der Waals surface area contributed by atoms with Gasteiger partial charge in [0.15, 0.2) is 0 Å². The predicted molar refractivity (Wildman–Crippen MR) is 115 cm³/mol. The number of amides is 2. The SMILES string of the molecule is O=C(CN1CCN(C(=O)c2cccs2)CC1)NC(c1ccccc1)c1nccs1. The molecule has 1 N–H and O–H groups in total. The molecule has 1 saturated heterocycles. The number of thiophene rings is 1. The van der Waals surface area contributed by atoms with E-state index in [0.29, 0.717) is 32.7 Å². The van der Waals surface area contributed by atoms with Crippen molar-refractivity contribution in [3.8, 4) is 0 Å². The lowest BCUT2D eigenvalue weighted by Gasteiger charge is -2.34. The molecule has 1 aliphatic heterocycles. The van der Waals surface area contributed by atoms with Gasteiger partial charge in [0.05, 0.1) is 11.4 Å². The molecule has 2 amide bonds. The monoisotopic (exact) mass is 426 g/mol. The Morgan fingerprint density at radius 2 is 1.79 bits per heavy atom. The number of benzene rings is 1. The Labute approximate surface area is 177 Å². The molecule has 6 nitrogen and oxygen atoms in total. The van der Waals surface area contributed by atoms with E-state index in [1.807, 2.05) is 58.1 Å². The molecule has 0 bridgehead atoms. The quantitative estimate of drug-likeness (QED) is 0.658. The smallest absolute Gasteiger partial charge is 0.264 e. The Hall–Kier alpha value is -2.55. The van der Waals surface area contributed by atoms with Crippen LogP contribution < -0.4 is 5.32 Å². The van der Waals surface area contributed by atoms with Gasteiger partial charge >= 0.3 is 0 Å². The summed E-state index contributed by atoms with van der Waals surface area (Å²) in [4.78, 5) is 34.3. The van der Waals surface area contributed by atoms with Crippen LogP contribution in [0, 0.1) is 0 Å². The molecule has 3 aromatic rings. The van der Waals surface area contributed by atoms with Gasteiger partial charge in [-0.25, -0.2) is 4.98 Å². The summed E-state index contributed by atoms with van der Waals surface area (Å²) in [5, 5.41) is 7.83. The number of aromatic nitrogens is 1. The maximum Gasteiger partial charge on any atom is 0.264 e. The first-order chi connectivity index (χ1) is 14.2. The number of thiazole rings is 1. The molecule has 3 heterocycles. The van der Waals surface area contributed by atoms with Gasteiger partial charge in [-0.1, -0.05) is 36.4 Å².